The summed E-state index contributed by atoms with van der Waals surface area (Å²) in [6, 6.07) is 8.73. The summed E-state index contributed by atoms with van der Waals surface area (Å²) in [4.78, 5) is 6.93. The summed E-state index contributed by atoms with van der Waals surface area (Å²) in [6.45, 7) is 10.9. The Morgan fingerprint density at radius 3 is 2.50 bits per heavy atom. The molecule has 0 saturated carbocycles. The highest BCUT2D eigenvalue weighted by Crippen LogP contribution is 2.30. The molecule has 2 rings (SSSR count). The molecule has 18 heavy (non-hydrogen) atoms. The molecule has 0 spiro atoms. The molecular formula is C16H22N2. The minimum absolute atomic E-state index is 0.545. The number of anilines is 1. The number of hydrogen-bond acceptors (Lipinski definition) is 2. The molecule has 0 amide bonds. The molecule has 0 saturated heterocycles. The summed E-state index contributed by atoms with van der Waals surface area (Å²) in [7, 11) is 0. The fourth-order valence-corrected chi connectivity index (χ4v) is 2.33. The fraction of sp³-hybridized carbons (Fsp3) is 0.438. The van der Waals surface area contributed by atoms with E-state index in [9.17, 15) is 0 Å². The highest BCUT2D eigenvalue weighted by molar-refractivity contribution is 5.91. The Bertz CT molecular complexity index is 528. The van der Waals surface area contributed by atoms with Crippen LogP contribution >= 0.6 is 0 Å². The maximum Gasteiger partial charge on any atom is 0.0935 e. The van der Waals surface area contributed by atoms with Gasteiger partial charge in [0, 0.05) is 24.7 Å². The quantitative estimate of drug-likeness (QED) is 0.798. The summed E-state index contributed by atoms with van der Waals surface area (Å²) in [6.07, 6.45) is 1.88. The number of benzene rings is 1. The predicted molar refractivity (Wildman–Crippen MR) is 79.4 cm³/mol. The number of rotatable bonds is 4. The first-order valence-corrected chi connectivity index (χ1v) is 6.81. The van der Waals surface area contributed by atoms with Crippen LogP contribution in [0.1, 0.15) is 39.2 Å². The van der Waals surface area contributed by atoms with Gasteiger partial charge in [-0.3, -0.25) is 4.98 Å². The van der Waals surface area contributed by atoms with Crippen LogP contribution in [-0.2, 0) is 0 Å². The van der Waals surface area contributed by atoms with Crippen LogP contribution in [0.2, 0.25) is 0 Å². The Hall–Kier alpha value is -1.57. The molecule has 0 unspecified atom stereocenters. The van der Waals surface area contributed by atoms with Gasteiger partial charge in [0.1, 0.15) is 0 Å². The first kappa shape index (κ1) is 12.9. The zero-order valence-corrected chi connectivity index (χ0v) is 11.8. The minimum atomic E-state index is 0.545. The van der Waals surface area contributed by atoms with Gasteiger partial charge in [-0.1, -0.05) is 19.9 Å². The lowest BCUT2D eigenvalue weighted by molar-refractivity contribution is 0.848. The second-order valence-electron chi connectivity index (χ2n) is 4.94. The number of pyridine rings is 1. The summed E-state index contributed by atoms with van der Waals surface area (Å²) >= 11 is 0. The van der Waals surface area contributed by atoms with Gasteiger partial charge in [-0.15, -0.1) is 0 Å². The Labute approximate surface area is 110 Å². The van der Waals surface area contributed by atoms with Crippen LogP contribution in [0.25, 0.3) is 10.9 Å². The molecule has 96 valence electrons. The van der Waals surface area contributed by atoms with Gasteiger partial charge >= 0.3 is 0 Å². The Morgan fingerprint density at radius 2 is 1.89 bits per heavy atom. The maximum absolute atomic E-state index is 4.56. The highest BCUT2D eigenvalue weighted by Gasteiger charge is 2.11. The van der Waals surface area contributed by atoms with E-state index in [1.165, 1.54) is 16.6 Å². The molecule has 0 aliphatic rings. The second-order valence-corrected chi connectivity index (χ2v) is 4.94. The van der Waals surface area contributed by atoms with Crippen LogP contribution < -0.4 is 4.90 Å². The van der Waals surface area contributed by atoms with Gasteiger partial charge in [-0.2, -0.15) is 0 Å². The van der Waals surface area contributed by atoms with Crippen molar-refractivity contribution in [3.05, 3.63) is 36.0 Å². The standard InChI is InChI=1S/C16H22N2/c1-5-18(6-2)15-11-14(12(3)4)10-13-8-7-9-17-16(13)15/h7-12H,5-6H2,1-4H3. The number of nitrogens with zero attached hydrogens (tertiary/aromatic N) is 2. The summed E-state index contributed by atoms with van der Waals surface area (Å²) < 4.78 is 0. The topological polar surface area (TPSA) is 16.1 Å². The molecule has 2 aromatic rings. The summed E-state index contributed by atoms with van der Waals surface area (Å²) in [5.41, 5.74) is 3.77. The molecule has 2 nitrogen and oxygen atoms in total. The van der Waals surface area contributed by atoms with Crippen molar-refractivity contribution in [2.75, 3.05) is 18.0 Å². The summed E-state index contributed by atoms with van der Waals surface area (Å²) in [5.74, 6) is 0.545. The lowest BCUT2D eigenvalue weighted by Crippen LogP contribution is -2.22. The monoisotopic (exact) mass is 242 g/mol. The molecule has 0 N–H and O–H groups in total. The lowest BCUT2D eigenvalue weighted by atomic mass is 9.99. The molecular weight excluding hydrogens is 220 g/mol. The SMILES string of the molecule is CCN(CC)c1cc(C(C)C)cc2cccnc12. The highest BCUT2D eigenvalue weighted by atomic mass is 15.1. The molecule has 0 atom stereocenters. The van der Waals surface area contributed by atoms with Crippen LogP contribution in [0.15, 0.2) is 30.5 Å². The molecule has 0 aliphatic heterocycles. The van der Waals surface area contributed by atoms with Crippen LogP contribution in [0, 0.1) is 0 Å². The average molecular weight is 242 g/mol. The van der Waals surface area contributed by atoms with Crippen LogP contribution in [-0.4, -0.2) is 18.1 Å². The molecule has 1 aromatic heterocycles. The van der Waals surface area contributed by atoms with E-state index in [-0.39, 0.29) is 0 Å². The number of fused-ring (bicyclic) bond motifs is 1. The van der Waals surface area contributed by atoms with Crippen LogP contribution in [0.4, 0.5) is 5.69 Å². The molecule has 1 heterocycles. The number of hydrogen-bond donors (Lipinski definition) is 0. The van der Waals surface area contributed by atoms with Crippen molar-refractivity contribution in [2.45, 2.75) is 33.6 Å². The van der Waals surface area contributed by atoms with E-state index in [1.807, 2.05) is 12.3 Å². The van der Waals surface area contributed by atoms with Gasteiger partial charge < -0.3 is 4.90 Å². The average Bonchev–Trinajstić information content (AvgIpc) is 2.39. The summed E-state index contributed by atoms with van der Waals surface area (Å²) in [5, 5.41) is 1.24. The van der Waals surface area contributed by atoms with Crippen molar-refractivity contribution in [3.63, 3.8) is 0 Å². The van der Waals surface area contributed by atoms with Crippen molar-refractivity contribution in [3.8, 4) is 0 Å². The Kier molecular flexibility index (Phi) is 3.85. The third-order valence-corrected chi connectivity index (χ3v) is 3.48. The zero-order chi connectivity index (χ0) is 13.1. The van der Waals surface area contributed by atoms with E-state index in [4.69, 9.17) is 0 Å². The van der Waals surface area contributed by atoms with Gasteiger partial charge in [0.2, 0.25) is 0 Å². The van der Waals surface area contributed by atoms with Gasteiger partial charge in [0.05, 0.1) is 11.2 Å². The van der Waals surface area contributed by atoms with Gasteiger partial charge in [-0.25, -0.2) is 0 Å². The normalized spacial score (nSPS) is 11.2. The zero-order valence-electron chi connectivity index (χ0n) is 11.8. The minimum Gasteiger partial charge on any atom is -0.370 e. The van der Waals surface area contributed by atoms with Gasteiger partial charge in [0.25, 0.3) is 0 Å². The Balaban J connectivity index is 2.67. The van der Waals surface area contributed by atoms with Gasteiger partial charge in [0.15, 0.2) is 0 Å². The first-order valence-electron chi connectivity index (χ1n) is 6.81. The smallest absolute Gasteiger partial charge is 0.0935 e. The van der Waals surface area contributed by atoms with Crippen molar-refractivity contribution in [1.29, 1.82) is 0 Å². The molecule has 2 heteroatoms. The third-order valence-electron chi connectivity index (χ3n) is 3.48. The van der Waals surface area contributed by atoms with Crippen LogP contribution in [0.5, 0.6) is 0 Å². The lowest BCUT2D eigenvalue weighted by Gasteiger charge is -2.23. The molecule has 0 fully saturated rings. The number of aromatic nitrogens is 1. The van der Waals surface area contributed by atoms with E-state index in [0.29, 0.717) is 5.92 Å². The third kappa shape index (κ3) is 2.33. The van der Waals surface area contributed by atoms with Crippen molar-refractivity contribution in [2.24, 2.45) is 0 Å². The van der Waals surface area contributed by atoms with E-state index in [0.717, 1.165) is 18.6 Å². The molecule has 1 aromatic carbocycles. The van der Waals surface area contributed by atoms with E-state index < -0.39 is 0 Å². The predicted octanol–water partition coefficient (Wildman–Crippen LogP) is 4.20. The molecule has 0 bridgehead atoms. The maximum atomic E-state index is 4.56. The molecule has 0 radical (unpaired) electrons. The Morgan fingerprint density at radius 1 is 1.17 bits per heavy atom. The van der Waals surface area contributed by atoms with Crippen molar-refractivity contribution < 1.29 is 0 Å². The van der Waals surface area contributed by atoms with Crippen LogP contribution in [0.3, 0.4) is 0 Å². The van der Waals surface area contributed by atoms with E-state index >= 15 is 0 Å². The molecule has 0 aliphatic carbocycles. The van der Waals surface area contributed by atoms with E-state index in [2.05, 4.69) is 55.8 Å². The van der Waals surface area contributed by atoms with Crippen molar-refractivity contribution in [1.82, 2.24) is 4.98 Å². The fourth-order valence-electron chi connectivity index (χ4n) is 2.33. The largest absolute Gasteiger partial charge is 0.370 e. The van der Waals surface area contributed by atoms with E-state index in [1.54, 1.807) is 0 Å². The second kappa shape index (κ2) is 5.38. The van der Waals surface area contributed by atoms with Crippen molar-refractivity contribution >= 4 is 16.6 Å². The first-order chi connectivity index (χ1) is 8.67. The van der Waals surface area contributed by atoms with Gasteiger partial charge in [-0.05, 0) is 43.5 Å².